The van der Waals surface area contributed by atoms with E-state index >= 15 is 0 Å². The summed E-state index contributed by atoms with van der Waals surface area (Å²) in [6.45, 7) is 9.12. The first kappa shape index (κ1) is 13.5. The third-order valence-corrected chi connectivity index (χ3v) is 3.08. The van der Waals surface area contributed by atoms with Gasteiger partial charge in [-0.05, 0) is 13.3 Å². The molecule has 2 heterocycles. The Kier molecular flexibility index (Phi) is 3.83. The fourth-order valence-electron chi connectivity index (χ4n) is 1.93. The second kappa shape index (κ2) is 5.38. The highest BCUT2D eigenvalue weighted by Gasteiger charge is 2.14. The third kappa shape index (κ3) is 2.75. The van der Waals surface area contributed by atoms with Gasteiger partial charge in [-0.1, -0.05) is 20.8 Å². The second-order valence-electron chi connectivity index (χ2n) is 5.09. The highest BCUT2D eigenvalue weighted by Crippen LogP contribution is 2.25. The number of nitrogens with two attached hydrogens (primary N) is 1. The van der Waals surface area contributed by atoms with Crippen LogP contribution in [0, 0.1) is 6.92 Å². The molecule has 2 aromatic rings. The summed E-state index contributed by atoms with van der Waals surface area (Å²) in [6.07, 6.45) is 4.92. The van der Waals surface area contributed by atoms with E-state index in [-0.39, 0.29) is 5.92 Å². The summed E-state index contributed by atoms with van der Waals surface area (Å²) in [5.41, 5.74) is 8.79. The van der Waals surface area contributed by atoms with Gasteiger partial charge in [0.15, 0.2) is 0 Å². The van der Waals surface area contributed by atoms with Gasteiger partial charge in [0.05, 0.1) is 11.9 Å². The molecule has 0 spiro atoms. The Morgan fingerprint density at radius 3 is 2.68 bits per heavy atom. The number of hydrogen-bond acceptors (Lipinski definition) is 4. The largest absolute Gasteiger partial charge is 0.383 e. The minimum Gasteiger partial charge on any atom is -0.383 e. The van der Waals surface area contributed by atoms with Crippen LogP contribution in [0.15, 0.2) is 12.4 Å². The lowest BCUT2D eigenvalue weighted by atomic mass is 10.1. The molecule has 19 heavy (non-hydrogen) atoms. The van der Waals surface area contributed by atoms with E-state index in [9.17, 15) is 0 Å². The average Bonchev–Trinajstić information content (AvgIpc) is 2.81. The zero-order valence-corrected chi connectivity index (χ0v) is 12.0. The molecule has 0 saturated heterocycles. The van der Waals surface area contributed by atoms with Crippen LogP contribution in [0.1, 0.15) is 44.5 Å². The van der Waals surface area contributed by atoms with Gasteiger partial charge in [0.25, 0.3) is 0 Å². The first-order valence-corrected chi connectivity index (χ1v) is 6.69. The molecule has 0 aliphatic carbocycles. The number of aryl methyl sites for hydroxylation is 1. The number of anilines is 1. The van der Waals surface area contributed by atoms with Gasteiger partial charge in [0, 0.05) is 29.8 Å². The molecule has 0 fully saturated rings. The third-order valence-electron chi connectivity index (χ3n) is 3.08. The first-order valence-electron chi connectivity index (χ1n) is 6.69. The van der Waals surface area contributed by atoms with Crippen molar-refractivity contribution in [3.63, 3.8) is 0 Å². The Hall–Kier alpha value is -1.91. The zero-order valence-electron chi connectivity index (χ0n) is 12.0. The molecule has 0 saturated carbocycles. The van der Waals surface area contributed by atoms with Crippen molar-refractivity contribution in [1.29, 1.82) is 0 Å². The first-order chi connectivity index (χ1) is 9.02. The van der Waals surface area contributed by atoms with E-state index in [1.807, 2.05) is 24.0 Å². The SMILES string of the molecule is CCCn1cc(-c2nc(C(C)C)nc(N)c2C)cn1. The maximum absolute atomic E-state index is 5.98. The monoisotopic (exact) mass is 259 g/mol. The number of aromatic nitrogens is 4. The molecule has 0 atom stereocenters. The molecule has 2 N–H and O–H groups in total. The van der Waals surface area contributed by atoms with Crippen molar-refractivity contribution < 1.29 is 0 Å². The Morgan fingerprint density at radius 1 is 1.32 bits per heavy atom. The molecule has 0 aliphatic heterocycles. The van der Waals surface area contributed by atoms with E-state index in [4.69, 9.17) is 5.73 Å². The summed E-state index contributed by atoms with van der Waals surface area (Å²) >= 11 is 0. The number of nitrogens with zero attached hydrogens (tertiary/aromatic N) is 4. The molecule has 0 aliphatic rings. The van der Waals surface area contributed by atoms with Crippen molar-refractivity contribution >= 4 is 5.82 Å². The second-order valence-corrected chi connectivity index (χ2v) is 5.09. The van der Waals surface area contributed by atoms with Gasteiger partial charge >= 0.3 is 0 Å². The lowest BCUT2D eigenvalue weighted by Crippen LogP contribution is -2.06. The smallest absolute Gasteiger partial charge is 0.133 e. The van der Waals surface area contributed by atoms with Crippen LogP contribution in [0.4, 0.5) is 5.82 Å². The van der Waals surface area contributed by atoms with Crippen LogP contribution in [-0.4, -0.2) is 19.7 Å². The summed E-state index contributed by atoms with van der Waals surface area (Å²) in [5.74, 6) is 1.59. The minimum absolute atomic E-state index is 0.257. The van der Waals surface area contributed by atoms with E-state index in [2.05, 4.69) is 35.8 Å². The van der Waals surface area contributed by atoms with Crippen LogP contribution in [-0.2, 0) is 6.54 Å². The normalized spacial score (nSPS) is 11.2. The minimum atomic E-state index is 0.257. The molecule has 5 nitrogen and oxygen atoms in total. The van der Waals surface area contributed by atoms with Gasteiger partial charge in [0.2, 0.25) is 0 Å². The van der Waals surface area contributed by atoms with Crippen molar-refractivity contribution in [2.24, 2.45) is 0 Å². The molecule has 5 heteroatoms. The zero-order chi connectivity index (χ0) is 14.0. The fraction of sp³-hybridized carbons (Fsp3) is 0.500. The molecular weight excluding hydrogens is 238 g/mol. The van der Waals surface area contributed by atoms with Crippen LogP contribution < -0.4 is 5.73 Å². The standard InChI is InChI=1S/C14H21N5/c1-5-6-19-8-11(7-16-19)12-10(4)13(15)18-14(17-12)9(2)3/h7-9H,5-6H2,1-4H3,(H2,15,17,18). The highest BCUT2D eigenvalue weighted by atomic mass is 15.3. The highest BCUT2D eigenvalue weighted by molar-refractivity contribution is 5.66. The summed E-state index contributed by atoms with van der Waals surface area (Å²) in [4.78, 5) is 8.97. The quantitative estimate of drug-likeness (QED) is 0.916. The molecule has 0 amide bonds. The predicted molar refractivity (Wildman–Crippen MR) is 76.8 cm³/mol. The molecule has 0 radical (unpaired) electrons. The van der Waals surface area contributed by atoms with Crippen LogP contribution in [0.25, 0.3) is 11.3 Å². The molecule has 102 valence electrons. The van der Waals surface area contributed by atoms with Crippen LogP contribution in [0.3, 0.4) is 0 Å². The Balaban J connectivity index is 2.47. The Morgan fingerprint density at radius 2 is 2.05 bits per heavy atom. The van der Waals surface area contributed by atoms with E-state index in [1.165, 1.54) is 0 Å². The average molecular weight is 259 g/mol. The molecule has 2 aromatic heterocycles. The maximum atomic E-state index is 5.98. The molecule has 0 bridgehead atoms. The number of rotatable bonds is 4. The number of hydrogen-bond donors (Lipinski definition) is 1. The molecule has 0 unspecified atom stereocenters. The summed E-state index contributed by atoms with van der Waals surface area (Å²) in [6, 6.07) is 0. The Labute approximate surface area is 113 Å². The molecular formula is C14H21N5. The van der Waals surface area contributed by atoms with Crippen LogP contribution in [0.2, 0.25) is 0 Å². The van der Waals surface area contributed by atoms with Crippen molar-refractivity contribution in [2.45, 2.75) is 46.6 Å². The van der Waals surface area contributed by atoms with Crippen LogP contribution in [0.5, 0.6) is 0 Å². The van der Waals surface area contributed by atoms with Gasteiger partial charge in [-0.3, -0.25) is 4.68 Å². The topological polar surface area (TPSA) is 69.6 Å². The van der Waals surface area contributed by atoms with Crippen molar-refractivity contribution in [3.05, 3.63) is 23.8 Å². The molecule has 0 aromatic carbocycles. The molecule has 2 rings (SSSR count). The van der Waals surface area contributed by atoms with E-state index in [0.717, 1.165) is 35.6 Å². The summed E-state index contributed by atoms with van der Waals surface area (Å²) in [7, 11) is 0. The number of nitrogen functional groups attached to an aromatic ring is 1. The fourth-order valence-corrected chi connectivity index (χ4v) is 1.93. The lowest BCUT2D eigenvalue weighted by molar-refractivity contribution is 0.603. The maximum Gasteiger partial charge on any atom is 0.133 e. The van der Waals surface area contributed by atoms with Crippen molar-refractivity contribution in [3.8, 4) is 11.3 Å². The Bertz CT molecular complexity index is 571. The van der Waals surface area contributed by atoms with Gasteiger partial charge < -0.3 is 5.73 Å². The van der Waals surface area contributed by atoms with Crippen LogP contribution >= 0.6 is 0 Å². The lowest BCUT2D eigenvalue weighted by Gasteiger charge is -2.10. The van der Waals surface area contributed by atoms with Gasteiger partial charge in [0.1, 0.15) is 11.6 Å². The predicted octanol–water partition coefficient (Wildman–Crippen LogP) is 2.76. The summed E-state index contributed by atoms with van der Waals surface area (Å²) < 4.78 is 1.93. The van der Waals surface area contributed by atoms with Crippen molar-refractivity contribution in [1.82, 2.24) is 19.7 Å². The summed E-state index contributed by atoms with van der Waals surface area (Å²) in [5, 5.41) is 4.34. The van der Waals surface area contributed by atoms with E-state index < -0.39 is 0 Å². The van der Waals surface area contributed by atoms with E-state index in [0.29, 0.717) is 5.82 Å². The van der Waals surface area contributed by atoms with Crippen molar-refractivity contribution in [2.75, 3.05) is 5.73 Å². The van der Waals surface area contributed by atoms with Gasteiger partial charge in [-0.15, -0.1) is 0 Å². The van der Waals surface area contributed by atoms with Gasteiger partial charge in [-0.2, -0.15) is 5.10 Å². The van der Waals surface area contributed by atoms with E-state index in [1.54, 1.807) is 0 Å². The van der Waals surface area contributed by atoms with Gasteiger partial charge in [-0.25, -0.2) is 9.97 Å².